The molecule has 0 aromatic carbocycles. The van der Waals surface area contributed by atoms with E-state index in [0.717, 1.165) is 38.8 Å². The van der Waals surface area contributed by atoms with Crippen molar-refractivity contribution in [2.45, 2.75) is 88.9 Å². The van der Waals surface area contributed by atoms with Crippen LogP contribution in [0, 0.1) is 0 Å². The fourth-order valence-electron chi connectivity index (χ4n) is 3.58. The van der Waals surface area contributed by atoms with E-state index in [0.29, 0.717) is 6.04 Å². The van der Waals surface area contributed by atoms with Crippen molar-refractivity contribution >= 4 is 0 Å². The van der Waals surface area contributed by atoms with E-state index in [2.05, 4.69) is 19.2 Å². The van der Waals surface area contributed by atoms with Gasteiger partial charge in [0, 0.05) is 19.2 Å². The second kappa shape index (κ2) is 6.55. The molecule has 2 N–H and O–H groups in total. The summed E-state index contributed by atoms with van der Waals surface area (Å²) in [5, 5.41) is 14.0. The minimum Gasteiger partial charge on any atom is -0.389 e. The van der Waals surface area contributed by atoms with E-state index in [-0.39, 0.29) is 5.60 Å². The summed E-state index contributed by atoms with van der Waals surface area (Å²) < 4.78 is 6.12. The van der Waals surface area contributed by atoms with Crippen LogP contribution in [-0.2, 0) is 4.74 Å². The number of aliphatic hydroxyl groups is 1. The molecule has 2 fully saturated rings. The molecule has 2 aliphatic rings. The normalized spacial score (nSPS) is 27.6. The third-order valence-electron chi connectivity index (χ3n) is 5.29. The Labute approximate surface area is 118 Å². The van der Waals surface area contributed by atoms with E-state index in [4.69, 9.17) is 4.74 Å². The maximum absolute atomic E-state index is 10.4. The topological polar surface area (TPSA) is 41.5 Å². The summed E-state index contributed by atoms with van der Waals surface area (Å²) in [6, 6.07) is 0.525. The molecule has 1 saturated heterocycles. The molecule has 1 heterocycles. The third kappa shape index (κ3) is 3.93. The Morgan fingerprint density at radius 1 is 1.21 bits per heavy atom. The largest absolute Gasteiger partial charge is 0.389 e. The monoisotopic (exact) mass is 269 g/mol. The quantitative estimate of drug-likeness (QED) is 0.806. The van der Waals surface area contributed by atoms with Gasteiger partial charge in [-0.05, 0) is 38.5 Å². The number of hydrogen-bond donors (Lipinski definition) is 2. The second-order valence-corrected chi connectivity index (χ2v) is 6.59. The molecule has 2 rings (SSSR count). The van der Waals surface area contributed by atoms with Gasteiger partial charge < -0.3 is 15.2 Å². The summed E-state index contributed by atoms with van der Waals surface area (Å²) in [6.45, 7) is 5.74. The van der Waals surface area contributed by atoms with Gasteiger partial charge in [-0.2, -0.15) is 0 Å². The first-order valence-corrected chi connectivity index (χ1v) is 8.21. The van der Waals surface area contributed by atoms with Crippen LogP contribution in [-0.4, -0.2) is 35.5 Å². The summed E-state index contributed by atoms with van der Waals surface area (Å²) in [6.07, 6.45) is 10.3. The maximum Gasteiger partial charge on any atom is 0.0766 e. The van der Waals surface area contributed by atoms with Gasteiger partial charge in [0.05, 0.1) is 11.2 Å². The van der Waals surface area contributed by atoms with Crippen molar-refractivity contribution < 1.29 is 9.84 Å². The summed E-state index contributed by atoms with van der Waals surface area (Å²) in [5.74, 6) is 0. The van der Waals surface area contributed by atoms with Crippen LogP contribution in [0.25, 0.3) is 0 Å². The lowest BCUT2D eigenvalue weighted by atomic mass is 9.78. The van der Waals surface area contributed by atoms with Crippen LogP contribution in [0.2, 0.25) is 0 Å². The molecule has 0 amide bonds. The van der Waals surface area contributed by atoms with Crippen molar-refractivity contribution in [2.24, 2.45) is 0 Å². The van der Waals surface area contributed by atoms with Crippen molar-refractivity contribution in [2.75, 3.05) is 13.2 Å². The molecule has 1 atom stereocenters. The second-order valence-electron chi connectivity index (χ2n) is 6.59. The fourth-order valence-corrected chi connectivity index (χ4v) is 3.58. The Balaban J connectivity index is 1.84. The number of nitrogens with one attached hydrogen (secondary N) is 1. The van der Waals surface area contributed by atoms with Gasteiger partial charge in [0.2, 0.25) is 0 Å². The third-order valence-corrected chi connectivity index (χ3v) is 5.29. The first kappa shape index (κ1) is 15.3. The van der Waals surface area contributed by atoms with Gasteiger partial charge in [0.15, 0.2) is 0 Å². The molecule has 0 aromatic rings. The number of ether oxygens (including phenoxy) is 1. The van der Waals surface area contributed by atoms with Gasteiger partial charge in [-0.3, -0.25) is 0 Å². The lowest BCUT2D eigenvalue weighted by Gasteiger charge is -2.44. The molecule has 1 saturated carbocycles. The zero-order chi connectivity index (χ0) is 13.8. The van der Waals surface area contributed by atoms with Gasteiger partial charge in [0.25, 0.3) is 0 Å². The molecule has 1 spiro atoms. The highest BCUT2D eigenvalue weighted by atomic mass is 16.5. The van der Waals surface area contributed by atoms with E-state index >= 15 is 0 Å². The molecule has 3 nitrogen and oxygen atoms in total. The molecule has 112 valence electrons. The molecule has 1 aliphatic carbocycles. The van der Waals surface area contributed by atoms with Gasteiger partial charge in [-0.1, -0.05) is 33.1 Å². The van der Waals surface area contributed by atoms with Crippen LogP contribution < -0.4 is 5.32 Å². The van der Waals surface area contributed by atoms with Gasteiger partial charge >= 0.3 is 0 Å². The zero-order valence-electron chi connectivity index (χ0n) is 12.7. The highest BCUT2D eigenvalue weighted by molar-refractivity contribution is 4.93. The highest BCUT2D eigenvalue weighted by Gasteiger charge is 2.38. The van der Waals surface area contributed by atoms with Crippen LogP contribution in [0.15, 0.2) is 0 Å². The van der Waals surface area contributed by atoms with Crippen LogP contribution in [0.3, 0.4) is 0 Å². The Morgan fingerprint density at radius 3 is 2.53 bits per heavy atom. The average Bonchev–Trinajstić information content (AvgIpc) is 2.46. The maximum atomic E-state index is 10.4. The molecule has 3 heteroatoms. The first-order valence-electron chi connectivity index (χ1n) is 8.21. The summed E-state index contributed by atoms with van der Waals surface area (Å²) in [5.41, 5.74) is -0.372. The zero-order valence-corrected chi connectivity index (χ0v) is 12.7. The van der Waals surface area contributed by atoms with Crippen LogP contribution in [0.5, 0.6) is 0 Å². The molecular formula is C16H31NO2. The predicted molar refractivity (Wildman–Crippen MR) is 78.3 cm³/mol. The number of hydrogen-bond acceptors (Lipinski definition) is 3. The molecule has 1 unspecified atom stereocenters. The minimum absolute atomic E-state index is 0.157. The smallest absolute Gasteiger partial charge is 0.0766 e. The highest BCUT2D eigenvalue weighted by Crippen LogP contribution is 2.38. The van der Waals surface area contributed by atoms with Gasteiger partial charge in [-0.15, -0.1) is 0 Å². The van der Waals surface area contributed by atoms with E-state index in [1.165, 1.54) is 32.1 Å². The molecule has 1 aliphatic heterocycles. The predicted octanol–water partition coefficient (Wildman–Crippen LogP) is 3.01. The first-order chi connectivity index (χ1) is 9.11. The molecule has 0 bridgehead atoms. The van der Waals surface area contributed by atoms with Gasteiger partial charge in [-0.25, -0.2) is 0 Å². The van der Waals surface area contributed by atoms with E-state index in [9.17, 15) is 5.11 Å². The SMILES string of the molecule is CCC(O)(CC)CNC1CCOC2(CCCCC2)C1. The van der Waals surface area contributed by atoms with Crippen molar-refractivity contribution in [3.8, 4) is 0 Å². The standard InChI is InChI=1S/C16H31NO2/c1-3-15(18,4-2)13-17-14-8-11-19-16(12-14)9-6-5-7-10-16/h14,17-18H,3-13H2,1-2H3. The van der Waals surface area contributed by atoms with E-state index in [1.807, 2.05) is 0 Å². The van der Waals surface area contributed by atoms with Crippen molar-refractivity contribution in [3.05, 3.63) is 0 Å². The lowest BCUT2D eigenvalue weighted by molar-refractivity contribution is -0.111. The Kier molecular flexibility index (Phi) is 5.27. The van der Waals surface area contributed by atoms with Crippen LogP contribution in [0.1, 0.15) is 71.6 Å². The van der Waals surface area contributed by atoms with Gasteiger partial charge in [0.1, 0.15) is 0 Å². The lowest BCUT2D eigenvalue weighted by Crippen LogP contribution is -2.51. The molecule has 0 radical (unpaired) electrons. The summed E-state index contributed by atoms with van der Waals surface area (Å²) in [4.78, 5) is 0. The minimum atomic E-state index is -0.530. The summed E-state index contributed by atoms with van der Waals surface area (Å²) >= 11 is 0. The van der Waals surface area contributed by atoms with Crippen molar-refractivity contribution in [1.82, 2.24) is 5.32 Å². The molecule has 0 aromatic heterocycles. The van der Waals surface area contributed by atoms with Crippen molar-refractivity contribution in [1.29, 1.82) is 0 Å². The summed E-state index contributed by atoms with van der Waals surface area (Å²) in [7, 11) is 0. The fraction of sp³-hybridized carbons (Fsp3) is 1.00. The van der Waals surface area contributed by atoms with Crippen LogP contribution in [0.4, 0.5) is 0 Å². The Morgan fingerprint density at radius 2 is 1.89 bits per heavy atom. The molecule has 19 heavy (non-hydrogen) atoms. The Hall–Kier alpha value is -0.120. The average molecular weight is 269 g/mol. The number of rotatable bonds is 5. The van der Waals surface area contributed by atoms with E-state index in [1.54, 1.807) is 0 Å². The van der Waals surface area contributed by atoms with E-state index < -0.39 is 5.60 Å². The Bertz CT molecular complexity index is 264. The molecular weight excluding hydrogens is 238 g/mol. The van der Waals surface area contributed by atoms with Crippen molar-refractivity contribution in [3.63, 3.8) is 0 Å². The van der Waals surface area contributed by atoms with Crippen LogP contribution >= 0.6 is 0 Å².